The Morgan fingerprint density at radius 2 is 1.62 bits per heavy atom. The van der Waals surface area contributed by atoms with E-state index in [1.165, 1.54) is 24.3 Å². The molecule has 0 heterocycles. The molecule has 0 amide bonds. The summed E-state index contributed by atoms with van der Waals surface area (Å²) in [7, 11) is 0. The molecule has 2 rings (SSSR count). The lowest BCUT2D eigenvalue weighted by atomic mass is 10.2. The number of nitrogens with one attached hydrogen (secondary N) is 1. The van der Waals surface area contributed by atoms with Crippen molar-refractivity contribution >= 4 is 40.6 Å². The van der Waals surface area contributed by atoms with Crippen molar-refractivity contribution in [2.75, 3.05) is 0 Å². The third-order valence-corrected chi connectivity index (χ3v) is 3.44. The van der Waals surface area contributed by atoms with Gasteiger partial charge in [0, 0.05) is 6.42 Å². The summed E-state index contributed by atoms with van der Waals surface area (Å²) in [6, 6.07) is 5.33. The number of hydrogen-bond donors (Lipinski definition) is 4. The van der Waals surface area contributed by atoms with Gasteiger partial charge in [0.05, 0.1) is 6.04 Å². The minimum Gasteiger partial charge on any atom is -0.508 e. The third-order valence-electron chi connectivity index (χ3n) is 2.82. The smallest absolute Gasteiger partial charge is 0.229 e. The van der Waals surface area contributed by atoms with Crippen LogP contribution >= 0.6 is 34.8 Å². The number of carbonyl (C=O) groups excluding carboxylic acids is 1. The summed E-state index contributed by atoms with van der Waals surface area (Å²) in [5.74, 6) is 0.402. The second-order valence-corrected chi connectivity index (χ2v) is 6.91. The SMILES string of the molecule is O=C1CCCC1NC(O)C(Cl)(Cl)Cl.Oc1ccc(O)cc1. The minimum absolute atomic E-state index is 0.0632. The van der Waals surface area contributed by atoms with E-state index >= 15 is 0 Å². The van der Waals surface area contributed by atoms with E-state index in [9.17, 15) is 9.90 Å². The molecule has 1 fully saturated rings. The highest BCUT2D eigenvalue weighted by Crippen LogP contribution is 2.30. The van der Waals surface area contributed by atoms with Crippen molar-refractivity contribution in [2.24, 2.45) is 0 Å². The highest BCUT2D eigenvalue weighted by Gasteiger charge is 2.35. The number of rotatable bonds is 2. The number of phenols is 2. The Morgan fingerprint density at radius 3 is 1.95 bits per heavy atom. The van der Waals surface area contributed by atoms with Crippen LogP contribution in [-0.2, 0) is 4.79 Å². The first-order valence-electron chi connectivity index (χ1n) is 6.21. The molecule has 0 aliphatic heterocycles. The summed E-state index contributed by atoms with van der Waals surface area (Å²) in [5, 5.41) is 29.2. The maximum absolute atomic E-state index is 11.1. The van der Waals surface area contributed by atoms with Crippen LogP contribution in [0.5, 0.6) is 11.5 Å². The number of aromatic hydroxyl groups is 2. The van der Waals surface area contributed by atoms with Crippen molar-refractivity contribution in [3.8, 4) is 11.5 Å². The fraction of sp³-hybridized carbons (Fsp3) is 0.462. The Hall–Kier alpha value is -0.720. The molecule has 0 aromatic heterocycles. The summed E-state index contributed by atoms with van der Waals surface area (Å²) in [4.78, 5) is 11.1. The zero-order valence-electron chi connectivity index (χ0n) is 11.0. The summed E-state index contributed by atoms with van der Waals surface area (Å²) in [6.07, 6.45) is 0.744. The quantitative estimate of drug-likeness (QED) is 0.371. The number of ketones is 1. The second-order valence-electron chi connectivity index (χ2n) is 4.54. The molecule has 8 heteroatoms. The molecule has 0 saturated heterocycles. The molecule has 5 nitrogen and oxygen atoms in total. The first kappa shape index (κ1) is 18.3. The van der Waals surface area contributed by atoms with E-state index < -0.39 is 10.0 Å². The lowest BCUT2D eigenvalue weighted by Crippen LogP contribution is -2.47. The normalized spacial score (nSPS) is 19.8. The summed E-state index contributed by atoms with van der Waals surface area (Å²) < 4.78 is -1.79. The van der Waals surface area contributed by atoms with E-state index in [4.69, 9.17) is 45.0 Å². The highest BCUT2D eigenvalue weighted by molar-refractivity contribution is 6.68. The van der Waals surface area contributed by atoms with Crippen LogP contribution in [0.2, 0.25) is 0 Å². The molecule has 1 aliphatic carbocycles. The molecule has 21 heavy (non-hydrogen) atoms. The fourth-order valence-corrected chi connectivity index (χ4v) is 1.92. The van der Waals surface area contributed by atoms with E-state index in [1.807, 2.05) is 0 Å². The summed E-state index contributed by atoms with van der Waals surface area (Å²) >= 11 is 16.3. The topological polar surface area (TPSA) is 89.8 Å². The van der Waals surface area contributed by atoms with Gasteiger partial charge >= 0.3 is 0 Å². The molecule has 0 spiro atoms. The van der Waals surface area contributed by atoms with Crippen molar-refractivity contribution in [1.29, 1.82) is 0 Å². The standard InChI is InChI=1S/C7H10Cl3NO2.C6H6O2/c8-7(9,10)6(13)11-4-2-1-3-5(4)12;7-5-1-2-6(8)4-3-5/h4,6,11,13H,1-3H2;1-4,7-8H. The van der Waals surface area contributed by atoms with Crippen LogP contribution in [0, 0.1) is 0 Å². The lowest BCUT2D eigenvalue weighted by molar-refractivity contribution is -0.119. The number of phenolic OH excluding ortho intramolecular Hbond substituents is 2. The molecule has 2 atom stereocenters. The van der Waals surface area contributed by atoms with Gasteiger partial charge in [-0.05, 0) is 37.1 Å². The van der Waals surface area contributed by atoms with E-state index in [0.717, 1.165) is 6.42 Å². The zero-order valence-corrected chi connectivity index (χ0v) is 13.2. The van der Waals surface area contributed by atoms with Gasteiger partial charge < -0.3 is 15.3 Å². The van der Waals surface area contributed by atoms with Crippen LogP contribution in [0.4, 0.5) is 0 Å². The van der Waals surface area contributed by atoms with Crippen molar-refractivity contribution in [2.45, 2.75) is 35.3 Å². The monoisotopic (exact) mass is 355 g/mol. The van der Waals surface area contributed by atoms with Gasteiger partial charge in [-0.25, -0.2) is 0 Å². The number of aliphatic hydroxyl groups is 1. The average Bonchev–Trinajstić information content (AvgIpc) is 2.78. The van der Waals surface area contributed by atoms with E-state index in [0.29, 0.717) is 12.8 Å². The first-order chi connectivity index (χ1) is 9.70. The van der Waals surface area contributed by atoms with Crippen molar-refractivity contribution < 1.29 is 20.1 Å². The van der Waals surface area contributed by atoms with Crippen LogP contribution in [0.1, 0.15) is 19.3 Å². The maximum Gasteiger partial charge on any atom is 0.229 e. The van der Waals surface area contributed by atoms with Gasteiger partial charge in [-0.3, -0.25) is 10.1 Å². The number of Topliss-reactive ketones (excluding diaryl/α,β-unsaturated/α-hetero) is 1. The Kier molecular flexibility index (Phi) is 7.03. The molecule has 4 N–H and O–H groups in total. The number of hydrogen-bond acceptors (Lipinski definition) is 5. The predicted octanol–water partition coefficient (Wildman–Crippen LogP) is 2.48. The van der Waals surface area contributed by atoms with Crippen LogP contribution in [-0.4, -0.2) is 37.2 Å². The Labute approximate surface area is 137 Å². The van der Waals surface area contributed by atoms with Gasteiger partial charge in [0.2, 0.25) is 3.79 Å². The average molecular weight is 357 g/mol. The zero-order chi connectivity index (χ0) is 16.0. The number of benzene rings is 1. The number of halogens is 3. The largest absolute Gasteiger partial charge is 0.508 e. The molecule has 118 valence electrons. The Balaban J connectivity index is 0.000000235. The van der Waals surface area contributed by atoms with Crippen molar-refractivity contribution in [1.82, 2.24) is 5.32 Å². The molecule has 2 unspecified atom stereocenters. The van der Waals surface area contributed by atoms with Crippen LogP contribution in [0.15, 0.2) is 24.3 Å². The van der Waals surface area contributed by atoms with E-state index in [2.05, 4.69) is 5.32 Å². The van der Waals surface area contributed by atoms with Crippen LogP contribution < -0.4 is 5.32 Å². The molecule has 1 aromatic rings. The van der Waals surface area contributed by atoms with Gasteiger partial charge in [-0.15, -0.1) is 0 Å². The molecule has 1 saturated carbocycles. The van der Waals surface area contributed by atoms with Crippen LogP contribution in [0.25, 0.3) is 0 Å². The number of alkyl halides is 3. The minimum atomic E-state index is -1.79. The number of aliphatic hydroxyl groups excluding tert-OH is 1. The van der Waals surface area contributed by atoms with Gasteiger partial charge in [0.15, 0.2) is 6.23 Å². The molecular weight excluding hydrogens is 341 g/mol. The second kappa shape index (κ2) is 8.06. The Bertz CT molecular complexity index is 440. The maximum atomic E-state index is 11.1. The van der Waals surface area contributed by atoms with Crippen LogP contribution in [0.3, 0.4) is 0 Å². The van der Waals surface area contributed by atoms with Gasteiger partial charge in [0.1, 0.15) is 17.3 Å². The molecule has 1 aromatic carbocycles. The van der Waals surface area contributed by atoms with E-state index in [1.54, 1.807) is 0 Å². The molecule has 0 radical (unpaired) electrons. The molecule has 1 aliphatic rings. The fourth-order valence-electron chi connectivity index (χ4n) is 1.73. The van der Waals surface area contributed by atoms with E-state index in [-0.39, 0.29) is 23.3 Å². The highest BCUT2D eigenvalue weighted by atomic mass is 35.6. The van der Waals surface area contributed by atoms with Crippen molar-refractivity contribution in [3.05, 3.63) is 24.3 Å². The summed E-state index contributed by atoms with van der Waals surface area (Å²) in [5.41, 5.74) is 0. The van der Waals surface area contributed by atoms with Gasteiger partial charge in [-0.1, -0.05) is 34.8 Å². The third kappa shape index (κ3) is 6.72. The summed E-state index contributed by atoms with van der Waals surface area (Å²) in [6.45, 7) is 0. The molecule has 0 bridgehead atoms. The number of carbonyl (C=O) groups is 1. The predicted molar refractivity (Wildman–Crippen MR) is 81.9 cm³/mol. The first-order valence-corrected chi connectivity index (χ1v) is 7.35. The van der Waals surface area contributed by atoms with Gasteiger partial charge in [-0.2, -0.15) is 0 Å². The lowest BCUT2D eigenvalue weighted by Gasteiger charge is -2.22. The van der Waals surface area contributed by atoms with Crippen molar-refractivity contribution in [3.63, 3.8) is 0 Å². The Morgan fingerprint density at radius 1 is 1.14 bits per heavy atom. The molecular formula is C13H16Cl3NO4. The van der Waals surface area contributed by atoms with Gasteiger partial charge in [0.25, 0.3) is 0 Å².